The second-order valence-electron chi connectivity index (χ2n) is 25.3. The first kappa shape index (κ1) is 67.0. The average Bonchev–Trinajstić information content (AvgIpc) is 3.51. The summed E-state index contributed by atoms with van der Waals surface area (Å²) in [4.78, 5) is 50.2. The Morgan fingerprint density at radius 1 is 0.964 bits per heavy atom. The molecule has 0 saturated carbocycles. The number of cyclic esters (lactones) is 1. The third kappa shape index (κ3) is 15.2. The SMILES string of the molecule is CC[C@H]1OC(=O)[C@H](C)C([C@H]2C[C@@](C)(OC)[C@@H](O)[C@H](C)O2)[C@H](C)[C@@H](O[C@H]2C[C@@H](N(C)CCc3cn([C@H](CF)[C@H](OC)c4ccc(-c5ccc(C)nc5)cc4)nn3)C[C@@H](C)O2)[C@](C)(OC)C[C@@H](C)C(=O)[C@H](C)[C@@H](CNC2CCOC2)[C@]1(C)OC(N)=O. The lowest BCUT2D eigenvalue weighted by Gasteiger charge is -2.52. The van der Waals surface area contributed by atoms with Crippen LogP contribution in [0.3, 0.4) is 0 Å². The van der Waals surface area contributed by atoms with Gasteiger partial charge in [-0.3, -0.25) is 14.6 Å². The second kappa shape index (κ2) is 29.0. The Bertz CT molecular complexity index is 2600. The monoisotopic (exact) mass is 1180 g/mol. The number of amides is 1. The predicted octanol–water partition coefficient (Wildman–Crippen LogP) is 7.95. The molecular weight excluding hydrogens is 1080 g/mol. The van der Waals surface area contributed by atoms with Crippen LogP contribution in [0.2, 0.25) is 0 Å². The minimum Gasteiger partial charge on any atom is -0.458 e. The lowest BCUT2D eigenvalue weighted by atomic mass is 9.67. The summed E-state index contributed by atoms with van der Waals surface area (Å²) < 4.78 is 74.5. The Morgan fingerprint density at radius 2 is 1.67 bits per heavy atom. The van der Waals surface area contributed by atoms with Crippen molar-refractivity contribution in [1.82, 2.24) is 30.2 Å². The van der Waals surface area contributed by atoms with Crippen molar-refractivity contribution in [1.29, 1.82) is 0 Å². The van der Waals surface area contributed by atoms with E-state index in [2.05, 4.69) is 32.6 Å². The van der Waals surface area contributed by atoms with E-state index < -0.39 is 120 Å². The average molecular weight is 1180 g/mol. The number of halogens is 1. The number of hydrogen-bond acceptors (Lipinski definition) is 18. The molecule has 4 fully saturated rings. The molecule has 20 atom stereocenters. The summed E-state index contributed by atoms with van der Waals surface area (Å²) in [7, 11) is 6.80. The van der Waals surface area contributed by atoms with Gasteiger partial charge in [0.2, 0.25) is 0 Å². The molecule has 0 spiro atoms. The van der Waals surface area contributed by atoms with E-state index in [1.165, 1.54) is 0 Å². The third-order valence-electron chi connectivity index (χ3n) is 19.4. The number of Topliss-reactive ketones (excluding diaryl/α,β-unsaturated/α-hetero) is 1. The zero-order valence-electron chi connectivity index (χ0n) is 52.5. The predicted molar refractivity (Wildman–Crippen MR) is 313 cm³/mol. The Kier molecular flexibility index (Phi) is 23.1. The molecule has 4 aliphatic heterocycles. The summed E-state index contributed by atoms with van der Waals surface area (Å²) in [6.45, 7) is 21.8. The van der Waals surface area contributed by atoms with E-state index in [1.807, 2.05) is 105 Å². The van der Waals surface area contributed by atoms with E-state index in [9.17, 15) is 9.90 Å². The van der Waals surface area contributed by atoms with Gasteiger partial charge >= 0.3 is 12.1 Å². The van der Waals surface area contributed by atoms with Gasteiger partial charge in [0.25, 0.3) is 0 Å². The van der Waals surface area contributed by atoms with Crippen molar-refractivity contribution in [3.63, 3.8) is 0 Å². The first-order valence-electron chi connectivity index (χ1n) is 30.3. The van der Waals surface area contributed by atoms with Gasteiger partial charge in [-0.15, -0.1) is 5.10 Å². The number of ether oxygens (including phenoxy) is 9. The highest BCUT2D eigenvalue weighted by atomic mass is 19.1. The minimum absolute atomic E-state index is 0.00816. The highest BCUT2D eigenvalue weighted by Crippen LogP contribution is 2.47. The molecule has 84 heavy (non-hydrogen) atoms. The first-order chi connectivity index (χ1) is 39.8. The van der Waals surface area contributed by atoms with Gasteiger partial charge in [-0.2, -0.15) is 0 Å². The first-order valence-corrected chi connectivity index (χ1v) is 30.3. The van der Waals surface area contributed by atoms with Crippen molar-refractivity contribution in [2.75, 3.05) is 61.4 Å². The van der Waals surface area contributed by atoms with Crippen LogP contribution in [0.1, 0.15) is 137 Å². The topological polar surface area (TPSA) is 239 Å². The molecule has 4 saturated heterocycles. The standard InChI is InChI=1S/C63H98FN7O13/c1-16-52-63(11,84-60(65)75)49(33-67-47-24-26-79-35-47)39(5)55(72)36(2)29-62(10,78-15)58(40(6)54(41(7)59(74)82-52)51-30-61(9,77-14)57(73)42(8)81-51)83-53-28-48(27-38(4)80-53)70(12)25-23-46-34-71(69-68-46)50(31-64)56(76-13)44-21-19-43(20-22-44)45-18-17-37(3)66-32-45/h17-22,32,34,36,38-42,47-54,56-58,67,73H,16,23-31,33,35H2,1-15H3,(H2,65,75)/t36-,38-,39-,40+,41-,42+,47?,48+,49-,50-,51-,52-,53+,54?,56-,57+,58-,61-,62-,63+/m1/s1. The van der Waals surface area contributed by atoms with E-state index in [1.54, 1.807) is 46.1 Å². The molecule has 0 radical (unpaired) electrons. The zero-order chi connectivity index (χ0) is 61.4. The molecule has 2 aromatic heterocycles. The van der Waals surface area contributed by atoms with E-state index in [-0.39, 0.29) is 49.8 Å². The van der Waals surface area contributed by atoms with Crippen LogP contribution in [0.15, 0.2) is 48.8 Å². The number of nitrogens with two attached hydrogens (primary N) is 1. The maximum absolute atomic E-state index is 15.3. The van der Waals surface area contributed by atoms with Gasteiger partial charge in [0.05, 0.1) is 53.8 Å². The van der Waals surface area contributed by atoms with Crippen LogP contribution in [-0.4, -0.2) is 181 Å². The fourth-order valence-electron chi connectivity index (χ4n) is 14.2. The Labute approximate surface area is 497 Å². The molecule has 1 amide bonds. The number of pyridine rings is 1. The summed E-state index contributed by atoms with van der Waals surface area (Å²) in [5, 5.41) is 24.0. The normalized spacial score (nSPS) is 36.4. The van der Waals surface area contributed by atoms with Crippen molar-refractivity contribution >= 4 is 17.8 Å². The lowest BCUT2D eigenvalue weighted by molar-refractivity contribution is -0.278. The molecule has 4 N–H and O–H groups in total. The van der Waals surface area contributed by atoms with Gasteiger partial charge in [0.1, 0.15) is 36.8 Å². The highest BCUT2D eigenvalue weighted by molar-refractivity contribution is 5.83. The number of esters is 1. The van der Waals surface area contributed by atoms with E-state index in [4.69, 9.17) is 48.4 Å². The number of carbonyl (C=O) groups is 3. The lowest BCUT2D eigenvalue weighted by Crippen LogP contribution is -2.62. The fraction of sp³-hybridized carbons (Fsp3) is 0.746. The van der Waals surface area contributed by atoms with Gasteiger partial charge < -0.3 is 63.7 Å². The van der Waals surface area contributed by atoms with Crippen molar-refractivity contribution in [2.24, 2.45) is 41.2 Å². The number of aliphatic hydroxyl groups is 1. The smallest absolute Gasteiger partial charge is 0.405 e. The molecule has 6 heterocycles. The van der Waals surface area contributed by atoms with Crippen LogP contribution in [0, 0.1) is 42.4 Å². The third-order valence-corrected chi connectivity index (χ3v) is 19.4. The van der Waals surface area contributed by atoms with Crippen molar-refractivity contribution < 1.29 is 66.5 Å². The van der Waals surface area contributed by atoms with Crippen molar-refractivity contribution in [3.8, 4) is 11.1 Å². The molecule has 2 unspecified atom stereocenters. The summed E-state index contributed by atoms with van der Waals surface area (Å²) in [5.41, 5.74) is 6.47. The summed E-state index contributed by atoms with van der Waals surface area (Å²) >= 11 is 0. The maximum Gasteiger partial charge on any atom is 0.405 e. The molecule has 21 heteroatoms. The van der Waals surface area contributed by atoms with Crippen LogP contribution in [-0.2, 0) is 58.6 Å². The summed E-state index contributed by atoms with van der Waals surface area (Å²) in [6.07, 6.45) is -0.212. The van der Waals surface area contributed by atoms with Crippen molar-refractivity contribution in [2.45, 2.75) is 205 Å². The number of alkyl halides is 1. The number of hydrogen-bond donors (Lipinski definition) is 3. The molecule has 7 rings (SSSR count). The Hall–Kier alpha value is -4.55. The summed E-state index contributed by atoms with van der Waals surface area (Å²) in [5.74, 6) is -4.93. The minimum atomic E-state index is -1.56. The fourth-order valence-corrected chi connectivity index (χ4v) is 14.2. The van der Waals surface area contributed by atoms with Gasteiger partial charge in [-0.1, -0.05) is 70.2 Å². The molecule has 3 aromatic rings. The molecule has 1 aromatic carbocycles. The van der Waals surface area contributed by atoms with Crippen LogP contribution < -0.4 is 11.1 Å². The van der Waals surface area contributed by atoms with Gasteiger partial charge in [-0.05, 0) is 97.4 Å². The number of likely N-dealkylation sites (N-methyl/N-ethyl adjacent to an activating group) is 1. The van der Waals surface area contributed by atoms with E-state index in [0.29, 0.717) is 44.7 Å². The summed E-state index contributed by atoms with van der Waals surface area (Å²) in [6, 6.07) is 11.1. The molecule has 470 valence electrons. The number of aryl methyl sites for hydroxylation is 1. The van der Waals surface area contributed by atoms with E-state index in [0.717, 1.165) is 28.8 Å². The number of aliphatic hydroxyl groups excluding tert-OH is 1. The van der Waals surface area contributed by atoms with Gasteiger partial charge in [0.15, 0.2) is 11.9 Å². The van der Waals surface area contributed by atoms with E-state index >= 15 is 14.0 Å². The van der Waals surface area contributed by atoms with Crippen LogP contribution in [0.4, 0.5) is 9.18 Å². The molecule has 20 nitrogen and oxygen atoms in total. The number of methoxy groups -OCH3 is 3. The van der Waals surface area contributed by atoms with Gasteiger partial charge in [0, 0.05) is 120 Å². The number of rotatable bonds is 20. The second-order valence-corrected chi connectivity index (χ2v) is 25.3. The number of benzene rings is 1. The molecular formula is C63H98FN7O13. The number of aromatic nitrogens is 4. The number of nitrogens with zero attached hydrogens (tertiary/aromatic N) is 5. The molecule has 4 aliphatic rings. The maximum atomic E-state index is 15.3. The van der Waals surface area contributed by atoms with Crippen molar-refractivity contribution in [3.05, 3.63) is 65.7 Å². The number of carbonyl (C=O) groups excluding carboxylic acids is 3. The zero-order valence-corrected chi connectivity index (χ0v) is 52.5. The largest absolute Gasteiger partial charge is 0.458 e. The number of primary amides is 1. The highest BCUT2D eigenvalue weighted by Gasteiger charge is 2.57. The quantitative estimate of drug-likeness (QED) is 0.0910. The number of nitrogens with one attached hydrogen (secondary N) is 1. The van der Waals surface area contributed by atoms with Crippen LogP contribution in [0.25, 0.3) is 11.1 Å². The van der Waals surface area contributed by atoms with Crippen LogP contribution >= 0.6 is 0 Å². The molecule has 0 bridgehead atoms. The number of ketones is 1. The van der Waals surface area contributed by atoms with Crippen LogP contribution in [0.5, 0.6) is 0 Å². The molecule has 0 aliphatic carbocycles. The Balaban J connectivity index is 1.17. The van der Waals surface area contributed by atoms with Gasteiger partial charge in [-0.25, -0.2) is 13.9 Å². The Morgan fingerprint density at radius 3 is 2.27 bits per heavy atom.